The number of halogens is 2. The molecule has 4 aromatic rings. The monoisotopic (exact) mass is 438 g/mol. The molecular weight excluding hydrogens is 422 g/mol. The van der Waals surface area contributed by atoms with Crippen molar-refractivity contribution in [3.05, 3.63) is 36.2 Å². The van der Waals surface area contributed by atoms with Crippen molar-refractivity contribution in [2.45, 2.75) is 12.6 Å². The van der Waals surface area contributed by atoms with E-state index in [-0.39, 0.29) is 17.7 Å². The molecule has 11 nitrogen and oxygen atoms in total. The number of carbonyl (C=O) groups excluding carboxylic acids is 1. The average molecular weight is 438 g/mol. The number of alkyl halides is 2. The Balaban J connectivity index is 1.69. The van der Waals surface area contributed by atoms with Gasteiger partial charge in [0.05, 0.1) is 22.8 Å². The molecule has 1 atom stereocenters. The van der Waals surface area contributed by atoms with Crippen LogP contribution >= 0.6 is 0 Å². The van der Waals surface area contributed by atoms with Gasteiger partial charge < -0.3 is 16.0 Å². The van der Waals surface area contributed by atoms with Crippen molar-refractivity contribution in [3.8, 4) is 17.5 Å². The lowest BCUT2D eigenvalue weighted by atomic mass is 10.1. The Hall–Kier alpha value is -4.18. The van der Waals surface area contributed by atoms with Crippen LogP contribution in [0.25, 0.3) is 27.9 Å². The number of aromatic nitrogens is 6. The van der Waals surface area contributed by atoms with Crippen LogP contribution in [0.1, 0.15) is 12.1 Å². The van der Waals surface area contributed by atoms with E-state index in [1.807, 2.05) is 0 Å². The summed E-state index contributed by atoms with van der Waals surface area (Å²) < 4.78 is 27.8. The van der Waals surface area contributed by atoms with Crippen molar-refractivity contribution >= 4 is 28.4 Å². The smallest absolute Gasteiger partial charge is 0.333 e. The molecule has 5 rings (SSSR count). The third-order valence-corrected chi connectivity index (χ3v) is 5.05. The second kappa shape index (κ2) is 7.82. The van der Waals surface area contributed by atoms with Crippen molar-refractivity contribution in [2.75, 3.05) is 25.0 Å². The summed E-state index contributed by atoms with van der Waals surface area (Å²) in [6.45, 7) is -1.31. The van der Waals surface area contributed by atoms with Crippen LogP contribution in [-0.2, 0) is 4.79 Å². The summed E-state index contributed by atoms with van der Waals surface area (Å²) in [5.74, 6) is 0.135. The largest absolute Gasteiger partial charge is 0.353 e. The molecule has 32 heavy (non-hydrogen) atoms. The van der Waals surface area contributed by atoms with E-state index >= 15 is 0 Å². The summed E-state index contributed by atoms with van der Waals surface area (Å²) in [5.41, 5.74) is 1.36. The summed E-state index contributed by atoms with van der Waals surface area (Å²) in [5, 5.41) is 27.1. The predicted molar refractivity (Wildman–Crippen MR) is 109 cm³/mol. The summed E-state index contributed by atoms with van der Waals surface area (Å²) in [7, 11) is 0. The van der Waals surface area contributed by atoms with Crippen molar-refractivity contribution in [1.82, 2.24) is 40.0 Å². The number of fused-ring (bicyclic) bond motifs is 3. The van der Waals surface area contributed by atoms with Crippen LogP contribution in [0, 0.1) is 11.3 Å². The van der Waals surface area contributed by atoms with Crippen LogP contribution in [0.5, 0.6) is 0 Å². The zero-order valence-corrected chi connectivity index (χ0v) is 16.5. The Kier molecular flexibility index (Phi) is 4.83. The Bertz CT molecular complexity index is 1370. The number of para-hydroxylation sites is 1. The molecule has 0 radical (unpaired) electrons. The number of nitriles is 1. The maximum atomic E-state index is 12.9. The molecule has 3 N–H and O–H groups in total. The van der Waals surface area contributed by atoms with E-state index in [0.29, 0.717) is 52.0 Å². The number of nitrogens with zero attached hydrogens (tertiary/aromatic N) is 7. The van der Waals surface area contributed by atoms with E-state index in [0.717, 1.165) is 6.20 Å². The minimum atomic E-state index is -2.79. The number of amides is 1. The van der Waals surface area contributed by atoms with Gasteiger partial charge in [-0.05, 0) is 12.1 Å². The fraction of sp³-hybridized carbons (Fsp3) is 0.263. The topological polar surface area (TPSA) is 138 Å². The minimum Gasteiger partial charge on any atom is -0.353 e. The number of nitrogens with one attached hydrogen (secondary N) is 3. The molecular formula is C19H16F2N10O. The summed E-state index contributed by atoms with van der Waals surface area (Å²) in [6.07, 6.45) is 2.39. The van der Waals surface area contributed by atoms with Gasteiger partial charge in [0.1, 0.15) is 12.1 Å². The highest BCUT2D eigenvalue weighted by Gasteiger charge is 2.24. The molecule has 1 aliphatic rings. The molecule has 1 aromatic carbocycles. The van der Waals surface area contributed by atoms with Gasteiger partial charge in [0, 0.05) is 31.2 Å². The molecule has 0 unspecified atom stereocenters. The Morgan fingerprint density at radius 1 is 1.28 bits per heavy atom. The predicted octanol–water partition coefficient (Wildman–Crippen LogP) is 0.908. The van der Waals surface area contributed by atoms with Crippen molar-refractivity contribution in [1.29, 1.82) is 5.26 Å². The minimum absolute atomic E-state index is 0.153. The van der Waals surface area contributed by atoms with E-state index in [1.165, 1.54) is 10.7 Å². The summed E-state index contributed by atoms with van der Waals surface area (Å²) >= 11 is 0. The molecule has 1 amide bonds. The molecule has 1 aliphatic heterocycles. The van der Waals surface area contributed by atoms with Gasteiger partial charge in [0.25, 0.3) is 0 Å². The summed E-state index contributed by atoms with van der Waals surface area (Å²) in [4.78, 5) is 21.5. The lowest BCUT2D eigenvalue weighted by Gasteiger charge is -2.16. The Morgan fingerprint density at radius 3 is 2.94 bits per heavy atom. The van der Waals surface area contributed by atoms with E-state index < -0.39 is 12.6 Å². The molecule has 3 aromatic heterocycles. The normalized spacial score (nSPS) is 16.8. The summed E-state index contributed by atoms with van der Waals surface area (Å²) in [6, 6.07) is 6.52. The SMILES string of the molecule is N#Cc1cccc2c1nc(N[C@@H]1CNCCNC1=O)n1nc(-c3cnn(C(F)F)c3)nc21. The number of hydrogen-bond acceptors (Lipinski definition) is 8. The van der Waals surface area contributed by atoms with Gasteiger partial charge in [-0.15, -0.1) is 5.10 Å². The van der Waals surface area contributed by atoms with Crippen LogP contribution in [0.4, 0.5) is 14.7 Å². The van der Waals surface area contributed by atoms with Crippen molar-refractivity contribution < 1.29 is 13.6 Å². The van der Waals surface area contributed by atoms with Crippen LogP contribution < -0.4 is 16.0 Å². The van der Waals surface area contributed by atoms with Crippen molar-refractivity contribution in [2.24, 2.45) is 0 Å². The van der Waals surface area contributed by atoms with Gasteiger partial charge in [0.15, 0.2) is 11.5 Å². The van der Waals surface area contributed by atoms with E-state index in [2.05, 4.69) is 42.2 Å². The fourth-order valence-electron chi connectivity index (χ4n) is 3.51. The Labute approximate surface area is 179 Å². The average Bonchev–Trinajstić information content (AvgIpc) is 3.41. The van der Waals surface area contributed by atoms with Gasteiger partial charge in [0.2, 0.25) is 11.9 Å². The molecule has 0 saturated carbocycles. The van der Waals surface area contributed by atoms with Gasteiger partial charge in [-0.3, -0.25) is 4.79 Å². The highest BCUT2D eigenvalue weighted by Crippen LogP contribution is 2.26. The first-order valence-corrected chi connectivity index (χ1v) is 9.72. The molecule has 1 fully saturated rings. The van der Waals surface area contributed by atoms with Gasteiger partial charge in [-0.25, -0.2) is 14.6 Å². The van der Waals surface area contributed by atoms with Gasteiger partial charge in [-0.2, -0.15) is 23.7 Å². The number of rotatable bonds is 4. The van der Waals surface area contributed by atoms with Crippen molar-refractivity contribution in [3.63, 3.8) is 0 Å². The molecule has 0 aliphatic carbocycles. The Morgan fingerprint density at radius 2 is 2.16 bits per heavy atom. The van der Waals surface area contributed by atoms with Gasteiger partial charge in [-0.1, -0.05) is 6.07 Å². The fourth-order valence-corrected chi connectivity index (χ4v) is 3.51. The quantitative estimate of drug-likeness (QED) is 0.427. The number of benzene rings is 1. The standard InChI is InChI=1S/C19H16F2N10O/c20-18(21)30-9-11(7-25-30)15-28-16-12-3-1-2-10(6-22)14(12)27-19(31(16)29-15)26-13-8-23-4-5-24-17(13)32/h1-3,7,9,13,18,23H,4-5,8H2,(H,24,32)(H,26,27)/t13-/m1/s1. The molecule has 13 heteroatoms. The maximum absolute atomic E-state index is 12.9. The molecule has 4 heterocycles. The first-order chi connectivity index (χ1) is 15.5. The molecule has 1 saturated heterocycles. The lowest BCUT2D eigenvalue weighted by molar-refractivity contribution is -0.121. The van der Waals surface area contributed by atoms with E-state index in [4.69, 9.17) is 0 Å². The molecule has 162 valence electrons. The zero-order chi connectivity index (χ0) is 22.2. The highest BCUT2D eigenvalue weighted by molar-refractivity contribution is 5.96. The van der Waals surface area contributed by atoms with Crippen LogP contribution in [0.15, 0.2) is 30.6 Å². The third-order valence-electron chi connectivity index (χ3n) is 5.05. The zero-order valence-electron chi connectivity index (χ0n) is 16.5. The maximum Gasteiger partial charge on any atom is 0.333 e. The molecule has 0 spiro atoms. The second-order valence-electron chi connectivity index (χ2n) is 7.10. The highest BCUT2D eigenvalue weighted by atomic mass is 19.3. The van der Waals surface area contributed by atoms with Crippen LogP contribution in [0.2, 0.25) is 0 Å². The second-order valence-corrected chi connectivity index (χ2v) is 7.10. The molecule has 0 bridgehead atoms. The third kappa shape index (κ3) is 3.36. The van der Waals surface area contributed by atoms with Crippen LogP contribution in [0.3, 0.4) is 0 Å². The lowest BCUT2D eigenvalue weighted by Crippen LogP contribution is -2.42. The number of carbonyl (C=O) groups is 1. The number of hydrogen-bond donors (Lipinski definition) is 3. The number of anilines is 1. The first-order valence-electron chi connectivity index (χ1n) is 9.72. The van der Waals surface area contributed by atoms with E-state index in [1.54, 1.807) is 18.2 Å². The first kappa shape index (κ1) is 19.8. The van der Waals surface area contributed by atoms with E-state index in [9.17, 15) is 18.8 Å². The van der Waals surface area contributed by atoms with Crippen LogP contribution in [-0.4, -0.2) is 60.9 Å². The van der Waals surface area contributed by atoms with Gasteiger partial charge >= 0.3 is 6.55 Å².